The molecule has 162 valence electrons. The topological polar surface area (TPSA) is 57.7 Å². The second-order valence-corrected chi connectivity index (χ2v) is 8.42. The lowest BCUT2D eigenvalue weighted by molar-refractivity contribution is -0.122. The first kappa shape index (κ1) is 21.8. The number of hydrogen-bond donors (Lipinski definition) is 0. The van der Waals surface area contributed by atoms with Gasteiger partial charge in [0.2, 0.25) is 5.91 Å². The van der Waals surface area contributed by atoms with E-state index >= 15 is 0 Å². The number of benzene rings is 3. The summed E-state index contributed by atoms with van der Waals surface area (Å²) in [5, 5.41) is 0.502. The van der Waals surface area contributed by atoms with Gasteiger partial charge in [-0.05, 0) is 49.7 Å². The van der Waals surface area contributed by atoms with Gasteiger partial charge < -0.3 is 4.90 Å². The Morgan fingerprint density at radius 2 is 1.69 bits per heavy atom. The summed E-state index contributed by atoms with van der Waals surface area (Å²) in [6.07, 6.45) is -0.0747. The third-order valence-corrected chi connectivity index (χ3v) is 5.98. The largest absolute Gasteiger partial charge is 0.322 e. The monoisotopic (exact) mass is 446 g/mol. The van der Waals surface area contributed by atoms with E-state index in [0.29, 0.717) is 21.8 Å². The Labute approximate surface area is 192 Å². The average molecular weight is 447 g/mol. The van der Waals surface area contributed by atoms with Crippen LogP contribution in [0.15, 0.2) is 72.8 Å². The molecule has 1 aliphatic rings. The second-order valence-electron chi connectivity index (χ2n) is 8.02. The molecule has 0 aliphatic carbocycles. The maximum atomic E-state index is 13.5. The Morgan fingerprint density at radius 1 is 0.969 bits per heavy atom. The SMILES string of the molecule is Cc1ccc(N2C(=O)CC(N(Cc3ccccc3Cl)C(=O)c3cccc(C)c3)C2=O)cc1. The van der Waals surface area contributed by atoms with Crippen LogP contribution in [0, 0.1) is 13.8 Å². The predicted octanol–water partition coefficient (Wildman–Crippen LogP) is 4.93. The van der Waals surface area contributed by atoms with Crippen molar-refractivity contribution < 1.29 is 14.4 Å². The van der Waals surface area contributed by atoms with Crippen LogP contribution >= 0.6 is 11.6 Å². The van der Waals surface area contributed by atoms with Crippen molar-refractivity contribution in [2.45, 2.75) is 32.9 Å². The molecule has 0 radical (unpaired) electrons. The normalized spacial score (nSPS) is 15.8. The average Bonchev–Trinajstić information content (AvgIpc) is 3.07. The Bertz CT molecular complexity index is 1190. The molecule has 5 nitrogen and oxygen atoms in total. The standard InChI is InChI=1S/C26H23ClN2O3/c1-17-10-12-21(13-11-17)29-24(30)15-23(26(29)32)28(16-20-7-3-4-9-22(20)27)25(31)19-8-5-6-18(2)14-19/h3-14,23H,15-16H2,1-2H3. The minimum absolute atomic E-state index is 0.0747. The fraction of sp³-hybridized carbons (Fsp3) is 0.192. The van der Waals surface area contributed by atoms with Gasteiger partial charge in [0.15, 0.2) is 0 Å². The van der Waals surface area contributed by atoms with Crippen LogP contribution in [0.4, 0.5) is 5.69 Å². The summed E-state index contributed by atoms with van der Waals surface area (Å²) in [6, 6.07) is 20.7. The molecule has 3 aromatic rings. The molecule has 1 unspecified atom stereocenters. The molecule has 32 heavy (non-hydrogen) atoms. The zero-order valence-electron chi connectivity index (χ0n) is 17.9. The van der Waals surface area contributed by atoms with E-state index in [2.05, 4.69) is 0 Å². The zero-order valence-corrected chi connectivity index (χ0v) is 18.7. The summed E-state index contributed by atoms with van der Waals surface area (Å²) >= 11 is 6.36. The highest BCUT2D eigenvalue weighted by molar-refractivity contribution is 6.31. The number of anilines is 1. The molecular formula is C26H23ClN2O3. The quantitative estimate of drug-likeness (QED) is 0.522. The molecule has 0 spiro atoms. The lowest BCUT2D eigenvalue weighted by Gasteiger charge is -2.28. The molecule has 3 aromatic carbocycles. The van der Waals surface area contributed by atoms with Crippen molar-refractivity contribution in [3.8, 4) is 0 Å². The minimum atomic E-state index is -0.909. The first-order valence-electron chi connectivity index (χ1n) is 10.4. The molecular weight excluding hydrogens is 424 g/mol. The van der Waals surface area contributed by atoms with E-state index < -0.39 is 11.9 Å². The molecule has 0 saturated carbocycles. The molecule has 0 bridgehead atoms. The summed E-state index contributed by atoms with van der Waals surface area (Å²) < 4.78 is 0. The third-order valence-electron chi connectivity index (χ3n) is 5.62. The Morgan fingerprint density at radius 3 is 2.38 bits per heavy atom. The van der Waals surface area contributed by atoms with Crippen LogP contribution in [0.5, 0.6) is 0 Å². The Kier molecular flexibility index (Phi) is 6.10. The summed E-state index contributed by atoms with van der Waals surface area (Å²) in [5.74, 6) is -1.05. The molecule has 1 saturated heterocycles. The number of rotatable bonds is 5. The van der Waals surface area contributed by atoms with E-state index in [1.54, 1.807) is 36.4 Å². The van der Waals surface area contributed by atoms with Crippen molar-refractivity contribution in [1.82, 2.24) is 4.90 Å². The number of aryl methyl sites for hydroxylation is 2. The van der Waals surface area contributed by atoms with Gasteiger partial charge in [-0.25, -0.2) is 4.90 Å². The third kappa shape index (κ3) is 4.30. The number of amides is 3. The van der Waals surface area contributed by atoms with Crippen molar-refractivity contribution in [3.63, 3.8) is 0 Å². The van der Waals surface area contributed by atoms with Gasteiger partial charge in [0, 0.05) is 17.1 Å². The summed E-state index contributed by atoms with van der Waals surface area (Å²) in [7, 11) is 0. The predicted molar refractivity (Wildman–Crippen MR) is 125 cm³/mol. The lowest BCUT2D eigenvalue weighted by Crippen LogP contribution is -2.45. The summed E-state index contributed by atoms with van der Waals surface area (Å²) in [6.45, 7) is 3.96. The van der Waals surface area contributed by atoms with Crippen LogP contribution in [0.2, 0.25) is 5.02 Å². The molecule has 1 heterocycles. The zero-order chi connectivity index (χ0) is 22.8. The molecule has 4 rings (SSSR count). The number of hydrogen-bond acceptors (Lipinski definition) is 3. The first-order chi connectivity index (χ1) is 15.3. The fourth-order valence-electron chi connectivity index (χ4n) is 3.90. The van der Waals surface area contributed by atoms with Gasteiger partial charge in [0.1, 0.15) is 6.04 Å². The smallest absolute Gasteiger partial charge is 0.257 e. The first-order valence-corrected chi connectivity index (χ1v) is 10.8. The van der Waals surface area contributed by atoms with E-state index in [1.807, 2.05) is 50.2 Å². The molecule has 1 fully saturated rings. The molecule has 1 atom stereocenters. The van der Waals surface area contributed by atoms with Crippen molar-refractivity contribution in [2.24, 2.45) is 0 Å². The number of carbonyl (C=O) groups is 3. The fourth-order valence-corrected chi connectivity index (χ4v) is 4.10. The van der Waals surface area contributed by atoms with Crippen LogP contribution < -0.4 is 4.90 Å². The van der Waals surface area contributed by atoms with Crippen molar-refractivity contribution >= 4 is 35.0 Å². The molecule has 0 N–H and O–H groups in total. The molecule has 1 aliphatic heterocycles. The minimum Gasteiger partial charge on any atom is -0.322 e. The number of carbonyl (C=O) groups excluding carboxylic acids is 3. The number of nitrogens with zero attached hydrogens (tertiary/aromatic N) is 2. The van der Waals surface area contributed by atoms with Gasteiger partial charge >= 0.3 is 0 Å². The van der Waals surface area contributed by atoms with Crippen molar-refractivity contribution in [1.29, 1.82) is 0 Å². The summed E-state index contributed by atoms with van der Waals surface area (Å²) in [4.78, 5) is 42.4. The van der Waals surface area contributed by atoms with Crippen LogP contribution in [0.25, 0.3) is 0 Å². The van der Waals surface area contributed by atoms with Gasteiger partial charge in [0.05, 0.1) is 12.1 Å². The van der Waals surface area contributed by atoms with E-state index in [9.17, 15) is 14.4 Å². The van der Waals surface area contributed by atoms with Gasteiger partial charge in [-0.1, -0.05) is 65.2 Å². The van der Waals surface area contributed by atoms with Crippen LogP contribution in [-0.4, -0.2) is 28.7 Å². The number of imide groups is 1. The maximum absolute atomic E-state index is 13.5. The molecule has 6 heteroatoms. The Balaban J connectivity index is 1.71. The van der Waals surface area contributed by atoms with Gasteiger partial charge in [0.25, 0.3) is 11.8 Å². The van der Waals surface area contributed by atoms with Crippen molar-refractivity contribution in [3.05, 3.63) is 100 Å². The van der Waals surface area contributed by atoms with Gasteiger partial charge in [-0.2, -0.15) is 0 Å². The van der Waals surface area contributed by atoms with E-state index in [4.69, 9.17) is 11.6 Å². The highest BCUT2D eigenvalue weighted by atomic mass is 35.5. The Hall–Kier alpha value is -3.44. The lowest BCUT2D eigenvalue weighted by atomic mass is 10.1. The molecule has 3 amide bonds. The van der Waals surface area contributed by atoms with Crippen molar-refractivity contribution in [2.75, 3.05) is 4.90 Å². The van der Waals surface area contributed by atoms with Crippen LogP contribution in [0.1, 0.15) is 33.5 Å². The van der Waals surface area contributed by atoms with Crippen LogP contribution in [-0.2, 0) is 16.1 Å². The molecule has 0 aromatic heterocycles. The van der Waals surface area contributed by atoms with Gasteiger partial charge in [-0.3, -0.25) is 14.4 Å². The maximum Gasteiger partial charge on any atom is 0.257 e. The van der Waals surface area contributed by atoms with Crippen LogP contribution in [0.3, 0.4) is 0 Å². The highest BCUT2D eigenvalue weighted by Crippen LogP contribution is 2.29. The highest BCUT2D eigenvalue weighted by Gasteiger charge is 2.44. The number of halogens is 1. The van der Waals surface area contributed by atoms with E-state index in [0.717, 1.165) is 11.1 Å². The van der Waals surface area contributed by atoms with E-state index in [-0.39, 0.29) is 24.8 Å². The summed E-state index contributed by atoms with van der Waals surface area (Å²) in [5.41, 5.74) is 3.65. The van der Waals surface area contributed by atoms with Gasteiger partial charge in [-0.15, -0.1) is 0 Å². The second kappa shape index (κ2) is 8.97. The van der Waals surface area contributed by atoms with E-state index in [1.165, 1.54) is 9.80 Å².